The maximum Gasteiger partial charge on any atom is 0.0873 e. The van der Waals surface area contributed by atoms with Crippen LogP contribution in [0.15, 0.2) is 6.20 Å². The van der Waals surface area contributed by atoms with Crippen molar-refractivity contribution in [3.05, 3.63) is 11.9 Å². The molecular formula is C10H16N4. The number of rotatable bonds is 1. The summed E-state index contributed by atoms with van der Waals surface area (Å²) in [5.41, 5.74) is 1.20. The van der Waals surface area contributed by atoms with E-state index >= 15 is 0 Å². The van der Waals surface area contributed by atoms with Crippen LogP contribution in [0.3, 0.4) is 0 Å². The predicted octanol–water partition coefficient (Wildman–Crippen LogP) is 0.624. The standard InChI is InChI=1S/C10H16N4/c1-13-11-6-10(12-13)9-7-14-4-2-8(9)3-5-14/h6,8-9H,2-5,7H2,1H3. The van der Waals surface area contributed by atoms with E-state index in [0.717, 1.165) is 5.92 Å². The third kappa shape index (κ3) is 1.25. The van der Waals surface area contributed by atoms with Crippen molar-refractivity contribution in [2.24, 2.45) is 13.0 Å². The van der Waals surface area contributed by atoms with Crippen LogP contribution < -0.4 is 0 Å². The van der Waals surface area contributed by atoms with E-state index in [4.69, 9.17) is 0 Å². The number of hydrogen-bond acceptors (Lipinski definition) is 3. The van der Waals surface area contributed by atoms with E-state index in [0.29, 0.717) is 5.92 Å². The first-order valence-electron chi connectivity index (χ1n) is 5.41. The van der Waals surface area contributed by atoms with Gasteiger partial charge in [-0.15, -0.1) is 0 Å². The zero-order valence-corrected chi connectivity index (χ0v) is 8.56. The molecule has 0 amide bonds. The fourth-order valence-electron chi connectivity index (χ4n) is 2.83. The summed E-state index contributed by atoms with van der Waals surface area (Å²) in [4.78, 5) is 4.23. The van der Waals surface area contributed by atoms with E-state index < -0.39 is 0 Å². The molecule has 76 valence electrons. The molecular weight excluding hydrogens is 176 g/mol. The highest BCUT2D eigenvalue weighted by molar-refractivity contribution is 5.08. The monoisotopic (exact) mass is 192 g/mol. The van der Waals surface area contributed by atoms with Crippen LogP contribution >= 0.6 is 0 Å². The van der Waals surface area contributed by atoms with Crippen LogP contribution in [-0.4, -0.2) is 39.5 Å². The quantitative estimate of drug-likeness (QED) is 0.654. The Hall–Kier alpha value is -0.900. The Morgan fingerprint density at radius 2 is 2.14 bits per heavy atom. The summed E-state index contributed by atoms with van der Waals surface area (Å²) in [6.45, 7) is 3.78. The van der Waals surface area contributed by atoms with Gasteiger partial charge in [0.1, 0.15) is 0 Å². The van der Waals surface area contributed by atoms with Crippen molar-refractivity contribution in [2.45, 2.75) is 18.8 Å². The van der Waals surface area contributed by atoms with Crippen LogP contribution in [0, 0.1) is 5.92 Å². The van der Waals surface area contributed by atoms with Crippen LogP contribution in [0.1, 0.15) is 24.5 Å². The molecule has 0 N–H and O–H groups in total. The molecule has 4 heteroatoms. The van der Waals surface area contributed by atoms with Gasteiger partial charge in [-0.05, 0) is 31.8 Å². The van der Waals surface area contributed by atoms with E-state index in [1.165, 1.54) is 38.2 Å². The van der Waals surface area contributed by atoms with Crippen LogP contribution in [0.2, 0.25) is 0 Å². The minimum Gasteiger partial charge on any atom is -0.303 e. The van der Waals surface area contributed by atoms with Crippen molar-refractivity contribution in [1.82, 2.24) is 19.9 Å². The van der Waals surface area contributed by atoms with E-state index in [9.17, 15) is 0 Å². The van der Waals surface area contributed by atoms with Gasteiger partial charge < -0.3 is 4.90 Å². The number of hydrogen-bond donors (Lipinski definition) is 0. The van der Waals surface area contributed by atoms with E-state index in [-0.39, 0.29) is 0 Å². The summed E-state index contributed by atoms with van der Waals surface area (Å²) >= 11 is 0. The Bertz CT molecular complexity index is 325. The van der Waals surface area contributed by atoms with E-state index in [1.54, 1.807) is 4.80 Å². The molecule has 0 spiro atoms. The molecule has 2 bridgehead atoms. The minimum atomic E-state index is 0.645. The molecule has 0 aromatic carbocycles. The summed E-state index contributed by atoms with van der Waals surface area (Å²) in [7, 11) is 1.89. The fraction of sp³-hybridized carbons (Fsp3) is 0.800. The van der Waals surface area contributed by atoms with Crippen molar-refractivity contribution in [3.63, 3.8) is 0 Å². The maximum absolute atomic E-state index is 4.43. The molecule has 14 heavy (non-hydrogen) atoms. The molecule has 1 unspecified atom stereocenters. The summed E-state index contributed by atoms with van der Waals surface area (Å²) in [5.74, 6) is 1.50. The van der Waals surface area contributed by atoms with Gasteiger partial charge in [0.15, 0.2) is 0 Å². The molecule has 3 aliphatic heterocycles. The molecule has 0 saturated carbocycles. The van der Waals surface area contributed by atoms with Crippen molar-refractivity contribution in [2.75, 3.05) is 19.6 Å². The van der Waals surface area contributed by atoms with Gasteiger partial charge in [-0.3, -0.25) is 0 Å². The first-order valence-corrected chi connectivity index (χ1v) is 5.41. The lowest BCUT2D eigenvalue weighted by atomic mass is 9.78. The Kier molecular flexibility index (Phi) is 1.83. The minimum absolute atomic E-state index is 0.645. The van der Waals surface area contributed by atoms with Crippen molar-refractivity contribution in [1.29, 1.82) is 0 Å². The van der Waals surface area contributed by atoms with Gasteiger partial charge in [-0.2, -0.15) is 15.0 Å². The molecule has 4 nitrogen and oxygen atoms in total. The van der Waals surface area contributed by atoms with Crippen LogP contribution in [0.4, 0.5) is 0 Å². The number of piperidine rings is 3. The van der Waals surface area contributed by atoms with Gasteiger partial charge >= 0.3 is 0 Å². The Labute approximate surface area is 83.9 Å². The molecule has 4 rings (SSSR count). The smallest absolute Gasteiger partial charge is 0.0873 e. The highest BCUT2D eigenvalue weighted by Crippen LogP contribution is 2.37. The lowest BCUT2D eigenvalue weighted by molar-refractivity contribution is 0.0852. The topological polar surface area (TPSA) is 34.0 Å². The average molecular weight is 192 g/mol. The maximum atomic E-state index is 4.43. The SMILES string of the molecule is Cn1ncc(C2CN3CCC2CC3)n1. The van der Waals surface area contributed by atoms with Gasteiger partial charge in [0.2, 0.25) is 0 Å². The van der Waals surface area contributed by atoms with Gasteiger partial charge in [0, 0.05) is 19.5 Å². The summed E-state index contributed by atoms with van der Waals surface area (Å²) < 4.78 is 0. The van der Waals surface area contributed by atoms with Crippen LogP contribution in [0.5, 0.6) is 0 Å². The van der Waals surface area contributed by atoms with E-state index in [2.05, 4.69) is 15.1 Å². The zero-order chi connectivity index (χ0) is 9.54. The molecule has 0 radical (unpaired) electrons. The van der Waals surface area contributed by atoms with Crippen molar-refractivity contribution in [3.8, 4) is 0 Å². The zero-order valence-electron chi connectivity index (χ0n) is 8.56. The van der Waals surface area contributed by atoms with Crippen molar-refractivity contribution >= 4 is 0 Å². The second-order valence-corrected chi connectivity index (χ2v) is 4.50. The van der Waals surface area contributed by atoms with Gasteiger partial charge in [-0.1, -0.05) is 0 Å². The van der Waals surface area contributed by atoms with Crippen LogP contribution in [-0.2, 0) is 7.05 Å². The lowest BCUT2D eigenvalue weighted by Gasteiger charge is -2.44. The van der Waals surface area contributed by atoms with Crippen LogP contribution in [0.25, 0.3) is 0 Å². The highest BCUT2D eigenvalue weighted by atomic mass is 15.4. The summed E-state index contributed by atoms with van der Waals surface area (Å²) in [5, 5.41) is 8.59. The highest BCUT2D eigenvalue weighted by Gasteiger charge is 2.36. The molecule has 1 atom stereocenters. The molecule has 1 aromatic rings. The largest absolute Gasteiger partial charge is 0.303 e. The number of aryl methyl sites for hydroxylation is 1. The fourth-order valence-corrected chi connectivity index (χ4v) is 2.83. The molecule has 4 heterocycles. The summed E-state index contributed by atoms with van der Waals surface area (Å²) in [6, 6.07) is 0. The second-order valence-electron chi connectivity index (χ2n) is 4.50. The Morgan fingerprint density at radius 1 is 1.36 bits per heavy atom. The first-order chi connectivity index (χ1) is 6.83. The Morgan fingerprint density at radius 3 is 2.64 bits per heavy atom. The number of fused-ring (bicyclic) bond motifs is 3. The predicted molar refractivity (Wildman–Crippen MR) is 52.9 cm³/mol. The third-order valence-electron chi connectivity index (χ3n) is 3.65. The number of aromatic nitrogens is 3. The normalized spacial score (nSPS) is 36.2. The third-order valence-corrected chi connectivity index (χ3v) is 3.65. The first kappa shape index (κ1) is 8.41. The molecule has 0 aliphatic carbocycles. The average Bonchev–Trinajstić information content (AvgIpc) is 2.66. The second kappa shape index (κ2) is 3.05. The van der Waals surface area contributed by atoms with Gasteiger partial charge in [0.05, 0.1) is 11.9 Å². The van der Waals surface area contributed by atoms with E-state index in [1.807, 2.05) is 13.2 Å². The van der Waals surface area contributed by atoms with Crippen molar-refractivity contribution < 1.29 is 0 Å². The molecule has 3 aliphatic rings. The lowest BCUT2D eigenvalue weighted by Crippen LogP contribution is -2.46. The Balaban J connectivity index is 1.85. The molecule has 3 fully saturated rings. The molecule has 3 saturated heterocycles. The molecule has 1 aromatic heterocycles. The summed E-state index contributed by atoms with van der Waals surface area (Å²) in [6.07, 6.45) is 4.63. The van der Waals surface area contributed by atoms with Gasteiger partial charge in [0.25, 0.3) is 0 Å². The van der Waals surface area contributed by atoms with Gasteiger partial charge in [-0.25, -0.2) is 0 Å². The number of nitrogens with zero attached hydrogens (tertiary/aromatic N) is 4.